The van der Waals surface area contributed by atoms with Crippen molar-refractivity contribution in [1.82, 2.24) is 9.97 Å². The van der Waals surface area contributed by atoms with E-state index in [0.29, 0.717) is 11.4 Å². The van der Waals surface area contributed by atoms with Crippen LogP contribution in [0.2, 0.25) is 0 Å². The molecule has 6 heteroatoms. The number of nitrogens with two attached hydrogens (primary N) is 1. The number of thiophene rings is 1. The lowest BCUT2D eigenvalue weighted by atomic mass is 10.00. The second-order valence-electron chi connectivity index (χ2n) is 3.91. The summed E-state index contributed by atoms with van der Waals surface area (Å²) in [5.41, 5.74) is 7.57. The maximum atomic E-state index is 11.6. The van der Waals surface area contributed by atoms with E-state index < -0.39 is 0 Å². The topological polar surface area (TPSA) is 84.1 Å². The van der Waals surface area contributed by atoms with Gasteiger partial charge in [-0.05, 0) is 28.8 Å². The van der Waals surface area contributed by atoms with Crippen molar-refractivity contribution in [3.63, 3.8) is 0 Å². The van der Waals surface area contributed by atoms with Gasteiger partial charge in [-0.2, -0.15) is 11.3 Å². The molecule has 1 atom stereocenters. The molecule has 3 heterocycles. The molecular weight excluding hydrogens is 236 g/mol. The van der Waals surface area contributed by atoms with E-state index in [-0.39, 0.29) is 17.4 Å². The zero-order valence-electron chi connectivity index (χ0n) is 8.88. The normalized spacial score (nSPS) is 17.3. The molecule has 0 aromatic carbocycles. The van der Waals surface area contributed by atoms with Gasteiger partial charge in [-0.3, -0.25) is 14.8 Å². The van der Waals surface area contributed by atoms with Crippen LogP contribution in [-0.2, 0) is 6.42 Å². The van der Waals surface area contributed by atoms with Gasteiger partial charge in [-0.1, -0.05) is 0 Å². The molecule has 0 amide bonds. The number of aromatic amines is 1. The number of rotatable bonds is 2. The van der Waals surface area contributed by atoms with Crippen LogP contribution >= 0.6 is 11.3 Å². The minimum absolute atomic E-state index is 0.0456. The number of nitrogens with one attached hydrogen (secondary N) is 1. The quantitative estimate of drug-likeness (QED) is 0.841. The van der Waals surface area contributed by atoms with E-state index >= 15 is 0 Å². The van der Waals surface area contributed by atoms with E-state index in [1.54, 1.807) is 17.6 Å². The Balaban J connectivity index is 1.99. The van der Waals surface area contributed by atoms with Crippen molar-refractivity contribution < 1.29 is 0 Å². The van der Waals surface area contributed by atoms with Crippen molar-refractivity contribution in [3.8, 4) is 0 Å². The highest BCUT2D eigenvalue weighted by Crippen LogP contribution is 2.30. The van der Waals surface area contributed by atoms with Gasteiger partial charge in [0.1, 0.15) is 5.69 Å². The third kappa shape index (κ3) is 1.76. The highest BCUT2D eigenvalue weighted by Gasteiger charge is 2.24. The van der Waals surface area contributed by atoms with Gasteiger partial charge in [0.15, 0.2) is 0 Å². The molecule has 0 aliphatic carbocycles. The first-order valence-electron chi connectivity index (χ1n) is 5.19. The molecule has 5 nitrogen and oxygen atoms in total. The van der Waals surface area contributed by atoms with Crippen molar-refractivity contribution in [1.29, 1.82) is 0 Å². The van der Waals surface area contributed by atoms with Crippen LogP contribution in [0.15, 0.2) is 26.6 Å². The molecule has 0 saturated carbocycles. The molecule has 0 fully saturated rings. The van der Waals surface area contributed by atoms with Gasteiger partial charge in [0, 0.05) is 12.1 Å². The van der Waals surface area contributed by atoms with Crippen LogP contribution in [-0.4, -0.2) is 16.2 Å². The van der Waals surface area contributed by atoms with Gasteiger partial charge in [-0.25, -0.2) is 4.98 Å². The number of hydrogen-bond donors (Lipinski definition) is 2. The van der Waals surface area contributed by atoms with Gasteiger partial charge in [0.2, 0.25) is 5.95 Å². The number of nitrogens with zero attached hydrogens (tertiary/aromatic N) is 2. The molecule has 2 aromatic rings. The van der Waals surface area contributed by atoms with Gasteiger partial charge in [-0.15, -0.1) is 0 Å². The fourth-order valence-corrected chi connectivity index (χ4v) is 2.61. The Morgan fingerprint density at radius 1 is 1.53 bits per heavy atom. The molecule has 86 valence electrons. The second-order valence-corrected chi connectivity index (χ2v) is 4.69. The Bertz CT molecular complexity index is 629. The molecule has 2 aromatic heterocycles. The molecule has 1 unspecified atom stereocenters. The standard InChI is InChI=1S/C11H10N4OS/c12-11-14-8-7(3-6-1-2-17-5-6)4-13-9(8)10(16)15-11/h1-2,4-5,7H,3H2,(H3,12,14,15,16). The number of nitrogen functional groups attached to an aromatic ring is 1. The van der Waals surface area contributed by atoms with Crippen LogP contribution in [0.25, 0.3) is 0 Å². The summed E-state index contributed by atoms with van der Waals surface area (Å²) in [6.07, 6.45) is 2.57. The minimum atomic E-state index is -0.267. The zero-order valence-corrected chi connectivity index (χ0v) is 9.70. The van der Waals surface area contributed by atoms with Gasteiger partial charge in [0.25, 0.3) is 5.56 Å². The van der Waals surface area contributed by atoms with E-state index in [1.807, 2.05) is 5.38 Å². The maximum absolute atomic E-state index is 11.6. The average Bonchev–Trinajstić information content (AvgIpc) is 2.89. The number of H-pyrrole nitrogens is 1. The van der Waals surface area contributed by atoms with Crippen molar-refractivity contribution >= 4 is 29.2 Å². The van der Waals surface area contributed by atoms with Crippen LogP contribution < -0.4 is 11.3 Å². The number of fused-ring (bicyclic) bond motifs is 1. The summed E-state index contributed by atoms with van der Waals surface area (Å²) in [7, 11) is 0. The Hall–Kier alpha value is -1.95. The molecule has 3 rings (SSSR count). The predicted octanol–water partition coefficient (Wildman–Crippen LogP) is 1.46. The molecule has 3 N–H and O–H groups in total. The van der Waals surface area contributed by atoms with Crippen molar-refractivity contribution in [2.45, 2.75) is 12.3 Å². The SMILES string of the molecule is Nc1nc2c(c(=O)[nH]1)N=CC2Cc1ccsc1. The molecule has 0 spiro atoms. The van der Waals surface area contributed by atoms with Crippen LogP contribution in [0.4, 0.5) is 11.6 Å². The summed E-state index contributed by atoms with van der Waals surface area (Å²) in [5, 5.41) is 4.12. The lowest BCUT2D eigenvalue weighted by Crippen LogP contribution is -2.14. The van der Waals surface area contributed by atoms with Crippen molar-refractivity contribution in [3.05, 3.63) is 38.4 Å². The number of anilines is 1. The monoisotopic (exact) mass is 246 g/mol. The van der Waals surface area contributed by atoms with Crippen molar-refractivity contribution in [2.24, 2.45) is 4.99 Å². The molecule has 17 heavy (non-hydrogen) atoms. The summed E-state index contributed by atoms with van der Waals surface area (Å²) in [4.78, 5) is 22.3. The third-order valence-electron chi connectivity index (χ3n) is 2.71. The number of hydrogen-bond acceptors (Lipinski definition) is 5. The van der Waals surface area contributed by atoms with Crippen LogP contribution in [0.3, 0.4) is 0 Å². The van der Waals surface area contributed by atoms with E-state index in [1.165, 1.54) is 5.56 Å². The van der Waals surface area contributed by atoms with E-state index in [0.717, 1.165) is 6.42 Å². The van der Waals surface area contributed by atoms with Crippen molar-refractivity contribution in [2.75, 3.05) is 5.73 Å². The number of aliphatic imine (C=N–C) groups is 1. The molecule has 0 bridgehead atoms. The molecule has 0 radical (unpaired) electrons. The smallest absolute Gasteiger partial charge is 0.278 e. The summed E-state index contributed by atoms with van der Waals surface area (Å²) < 4.78 is 0. The highest BCUT2D eigenvalue weighted by atomic mass is 32.1. The summed E-state index contributed by atoms with van der Waals surface area (Å²) in [5.74, 6) is 0.193. The number of aromatic nitrogens is 2. The Kier molecular flexibility index (Phi) is 2.29. The first-order valence-corrected chi connectivity index (χ1v) is 6.13. The highest BCUT2D eigenvalue weighted by molar-refractivity contribution is 7.07. The van der Waals surface area contributed by atoms with Crippen LogP contribution in [0.5, 0.6) is 0 Å². The molecule has 0 saturated heterocycles. The van der Waals surface area contributed by atoms with Crippen LogP contribution in [0, 0.1) is 0 Å². The average molecular weight is 246 g/mol. The van der Waals surface area contributed by atoms with Gasteiger partial charge < -0.3 is 5.73 Å². The van der Waals surface area contributed by atoms with E-state index in [2.05, 4.69) is 26.4 Å². The first-order chi connectivity index (χ1) is 8.24. The summed E-state index contributed by atoms with van der Waals surface area (Å²) in [6, 6.07) is 2.06. The van der Waals surface area contributed by atoms with Gasteiger partial charge in [0.05, 0.1) is 5.69 Å². The molecule has 1 aliphatic rings. The summed E-state index contributed by atoms with van der Waals surface area (Å²) >= 11 is 1.65. The third-order valence-corrected chi connectivity index (χ3v) is 3.44. The van der Waals surface area contributed by atoms with Crippen LogP contribution in [0.1, 0.15) is 17.2 Å². The molecule has 1 aliphatic heterocycles. The predicted molar refractivity (Wildman–Crippen MR) is 68.2 cm³/mol. The fourth-order valence-electron chi connectivity index (χ4n) is 1.93. The lowest BCUT2D eigenvalue weighted by Gasteiger charge is -2.07. The largest absolute Gasteiger partial charge is 0.369 e. The minimum Gasteiger partial charge on any atom is -0.369 e. The lowest BCUT2D eigenvalue weighted by molar-refractivity contribution is 0.868. The Labute approximate surface area is 101 Å². The van der Waals surface area contributed by atoms with E-state index in [4.69, 9.17) is 5.73 Å². The maximum Gasteiger partial charge on any atom is 0.278 e. The second kappa shape index (κ2) is 3.81. The fraction of sp³-hybridized carbons (Fsp3) is 0.182. The first kappa shape index (κ1) is 10.2. The molecular formula is C11H10N4OS. The van der Waals surface area contributed by atoms with Gasteiger partial charge >= 0.3 is 0 Å². The summed E-state index contributed by atoms with van der Waals surface area (Å²) in [6.45, 7) is 0. The Morgan fingerprint density at radius 2 is 2.41 bits per heavy atom. The zero-order chi connectivity index (χ0) is 11.8. The van der Waals surface area contributed by atoms with E-state index in [9.17, 15) is 4.79 Å². The Morgan fingerprint density at radius 3 is 3.18 bits per heavy atom.